The van der Waals surface area contributed by atoms with Crippen LogP contribution < -0.4 is 4.74 Å². The Morgan fingerprint density at radius 2 is 2.15 bits per heavy atom. The average Bonchev–Trinajstić information content (AvgIpc) is 2.20. The maximum Gasteiger partial charge on any atom is 0.128 e. The number of rotatable bonds is 3. The Labute approximate surface area is 77.6 Å². The van der Waals surface area contributed by atoms with E-state index in [1.165, 1.54) is 0 Å². The molecule has 1 rings (SSSR count). The molecule has 0 aliphatic rings. The molecule has 0 aromatic heterocycles. The third-order valence-corrected chi connectivity index (χ3v) is 1.87. The third-order valence-electron chi connectivity index (χ3n) is 1.87. The van der Waals surface area contributed by atoms with Gasteiger partial charge in [-0.15, -0.1) is 0 Å². The van der Waals surface area contributed by atoms with Crippen LogP contribution in [-0.4, -0.2) is 18.0 Å². The summed E-state index contributed by atoms with van der Waals surface area (Å²) in [6, 6.07) is 7.49. The molecule has 0 saturated heterocycles. The quantitative estimate of drug-likeness (QED) is 0.439. The predicted octanol–water partition coefficient (Wildman–Crippen LogP) is 2.28. The average molecular weight is 179 g/mol. The minimum absolute atomic E-state index is 0.637. The van der Waals surface area contributed by atoms with E-state index in [9.17, 15) is 0 Å². The number of hydrogen-bond acceptors (Lipinski definition) is 3. The second-order valence-electron chi connectivity index (χ2n) is 2.60. The number of para-hydroxylation sites is 1. The van der Waals surface area contributed by atoms with Gasteiger partial charge in [-0.1, -0.05) is 24.2 Å². The molecule has 0 aliphatic carbocycles. The van der Waals surface area contributed by atoms with E-state index in [0.29, 0.717) is 12.1 Å². The van der Waals surface area contributed by atoms with Crippen molar-refractivity contribution in [1.29, 1.82) is 0 Å². The fourth-order valence-corrected chi connectivity index (χ4v) is 1.20. The number of ether oxygens (including phenoxy) is 1. The van der Waals surface area contributed by atoms with E-state index in [-0.39, 0.29) is 0 Å². The summed E-state index contributed by atoms with van der Waals surface area (Å²) in [4.78, 5) is 0. The van der Waals surface area contributed by atoms with E-state index in [4.69, 9.17) is 9.94 Å². The van der Waals surface area contributed by atoms with Gasteiger partial charge in [-0.2, -0.15) is 0 Å². The smallest absolute Gasteiger partial charge is 0.128 e. The van der Waals surface area contributed by atoms with Crippen LogP contribution in [0.5, 0.6) is 5.75 Å². The van der Waals surface area contributed by atoms with E-state index < -0.39 is 0 Å². The van der Waals surface area contributed by atoms with Crippen molar-refractivity contribution in [3.8, 4) is 5.75 Å². The first-order valence-electron chi connectivity index (χ1n) is 4.17. The van der Waals surface area contributed by atoms with Crippen LogP contribution in [-0.2, 0) is 0 Å². The number of oxime groups is 1. The number of nitrogens with zero attached hydrogens (tertiary/aromatic N) is 1. The van der Waals surface area contributed by atoms with E-state index in [0.717, 1.165) is 11.3 Å². The second-order valence-corrected chi connectivity index (χ2v) is 2.60. The van der Waals surface area contributed by atoms with Crippen molar-refractivity contribution in [1.82, 2.24) is 0 Å². The monoisotopic (exact) mass is 179 g/mol. The molecule has 0 radical (unpaired) electrons. The molecule has 0 aliphatic heterocycles. The van der Waals surface area contributed by atoms with Crippen molar-refractivity contribution in [2.45, 2.75) is 13.3 Å². The fraction of sp³-hybridized carbons (Fsp3) is 0.300. The Morgan fingerprint density at radius 3 is 2.69 bits per heavy atom. The minimum atomic E-state index is 0.637. The van der Waals surface area contributed by atoms with Gasteiger partial charge in [0.05, 0.1) is 12.8 Å². The van der Waals surface area contributed by atoms with E-state index in [2.05, 4.69) is 5.16 Å². The molecule has 0 atom stereocenters. The van der Waals surface area contributed by atoms with Gasteiger partial charge in [0.2, 0.25) is 0 Å². The number of hydrogen-bond donors (Lipinski definition) is 1. The van der Waals surface area contributed by atoms with E-state index in [1.54, 1.807) is 7.11 Å². The summed E-state index contributed by atoms with van der Waals surface area (Å²) >= 11 is 0. The molecule has 70 valence electrons. The molecule has 0 amide bonds. The third kappa shape index (κ3) is 1.99. The molecule has 3 nitrogen and oxygen atoms in total. The standard InChI is InChI=1S/C10H13NO2/c1-3-9(11-12)8-6-4-5-7-10(8)13-2/h4-7,12H,3H2,1-2H3/b11-9+. The van der Waals surface area contributed by atoms with Crippen LogP contribution in [0.4, 0.5) is 0 Å². The van der Waals surface area contributed by atoms with Gasteiger partial charge >= 0.3 is 0 Å². The Hall–Kier alpha value is -1.51. The second kappa shape index (κ2) is 4.50. The van der Waals surface area contributed by atoms with Crippen molar-refractivity contribution in [3.63, 3.8) is 0 Å². The lowest BCUT2D eigenvalue weighted by molar-refractivity contribution is 0.318. The van der Waals surface area contributed by atoms with Gasteiger partial charge < -0.3 is 9.94 Å². The van der Waals surface area contributed by atoms with Gasteiger partial charge in [0.25, 0.3) is 0 Å². The summed E-state index contributed by atoms with van der Waals surface area (Å²) in [7, 11) is 1.60. The van der Waals surface area contributed by atoms with Gasteiger partial charge in [0.1, 0.15) is 5.75 Å². The predicted molar refractivity (Wildman–Crippen MR) is 51.6 cm³/mol. The highest BCUT2D eigenvalue weighted by molar-refractivity contribution is 6.02. The molecule has 0 heterocycles. The SMILES string of the molecule is CC/C(=N\O)c1ccccc1OC. The number of methoxy groups -OCH3 is 1. The zero-order valence-electron chi connectivity index (χ0n) is 7.82. The summed E-state index contributed by atoms with van der Waals surface area (Å²) in [5.74, 6) is 0.733. The summed E-state index contributed by atoms with van der Waals surface area (Å²) < 4.78 is 5.14. The maximum absolute atomic E-state index is 8.73. The van der Waals surface area contributed by atoms with Crippen molar-refractivity contribution in [2.75, 3.05) is 7.11 Å². The van der Waals surface area contributed by atoms with Crippen LogP contribution in [0.2, 0.25) is 0 Å². The van der Waals surface area contributed by atoms with Crippen LogP contribution in [0.15, 0.2) is 29.4 Å². The highest BCUT2D eigenvalue weighted by Gasteiger charge is 2.07. The van der Waals surface area contributed by atoms with Crippen LogP contribution in [0.3, 0.4) is 0 Å². The van der Waals surface area contributed by atoms with Crippen molar-refractivity contribution >= 4 is 5.71 Å². The Balaban J connectivity index is 3.12. The summed E-state index contributed by atoms with van der Waals surface area (Å²) in [5, 5.41) is 12.0. The maximum atomic E-state index is 8.73. The molecule has 1 N–H and O–H groups in total. The highest BCUT2D eigenvalue weighted by atomic mass is 16.5. The summed E-state index contributed by atoms with van der Waals surface area (Å²) in [6.07, 6.45) is 0.677. The molecule has 1 aromatic rings. The summed E-state index contributed by atoms with van der Waals surface area (Å²) in [6.45, 7) is 1.93. The lowest BCUT2D eigenvalue weighted by atomic mass is 10.1. The van der Waals surface area contributed by atoms with Crippen molar-refractivity contribution < 1.29 is 9.94 Å². The van der Waals surface area contributed by atoms with Crippen molar-refractivity contribution in [2.24, 2.45) is 5.16 Å². The molecule has 0 unspecified atom stereocenters. The molecule has 0 bridgehead atoms. The lowest BCUT2D eigenvalue weighted by Gasteiger charge is -2.07. The van der Waals surface area contributed by atoms with Crippen molar-refractivity contribution in [3.05, 3.63) is 29.8 Å². The molecule has 0 saturated carbocycles. The van der Waals surface area contributed by atoms with Gasteiger partial charge in [-0.05, 0) is 18.6 Å². The molecule has 3 heteroatoms. The first-order chi connectivity index (χ1) is 6.33. The zero-order valence-corrected chi connectivity index (χ0v) is 7.82. The zero-order chi connectivity index (χ0) is 9.68. The molecule has 0 fully saturated rings. The molecule has 1 aromatic carbocycles. The fourth-order valence-electron chi connectivity index (χ4n) is 1.20. The van der Waals surface area contributed by atoms with Gasteiger partial charge in [-0.3, -0.25) is 0 Å². The van der Waals surface area contributed by atoms with Crippen LogP contribution in [0.25, 0.3) is 0 Å². The minimum Gasteiger partial charge on any atom is -0.496 e. The lowest BCUT2D eigenvalue weighted by Crippen LogP contribution is -2.01. The largest absolute Gasteiger partial charge is 0.496 e. The van der Waals surface area contributed by atoms with Crippen LogP contribution in [0, 0.1) is 0 Å². The molecular weight excluding hydrogens is 166 g/mol. The Bertz CT molecular complexity index is 308. The Kier molecular flexibility index (Phi) is 3.31. The van der Waals surface area contributed by atoms with Crippen LogP contribution >= 0.6 is 0 Å². The number of benzene rings is 1. The molecular formula is C10H13NO2. The first-order valence-corrected chi connectivity index (χ1v) is 4.17. The van der Waals surface area contributed by atoms with Crippen LogP contribution in [0.1, 0.15) is 18.9 Å². The van der Waals surface area contributed by atoms with Gasteiger partial charge in [0.15, 0.2) is 0 Å². The molecule has 0 spiro atoms. The van der Waals surface area contributed by atoms with Gasteiger partial charge in [-0.25, -0.2) is 0 Å². The first kappa shape index (κ1) is 9.58. The highest BCUT2D eigenvalue weighted by Crippen LogP contribution is 2.19. The normalized spacial score (nSPS) is 11.4. The summed E-state index contributed by atoms with van der Waals surface area (Å²) in [5.41, 5.74) is 1.48. The van der Waals surface area contributed by atoms with E-state index in [1.807, 2.05) is 31.2 Å². The Morgan fingerprint density at radius 1 is 1.46 bits per heavy atom. The molecule has 13 heavy (non-hydrogen) atoms. The van der Waals surface area contributed by atoms with E-state index >= 15 is 0 Å². The van der Waals surface area contributed by atoms with Gasteiger partial charge in [0, 0.05) is 5.56 Å². The topological polar surface area (TPSA) is 41.8 Å².